The topological polar surface area (TPSA) is 63.6 Å². The Morgan fingerprint density at radius 1 is 1.20 bits per heavy atom. The highest BCUT2D eigenvalue weighted by atomic mass is 16.5. The lowest BCUT2D eigenvalue weighted by atomic mass is 10.0. The van der Waals surface area contributed by atoms with E-state index in [1.165, 1.54) is 6.08 Å². The van der Waals surface area contributed by atoms with Crippen LogP contribution in [0.1, 0.15) is 12.5 Å². The molecule has 0 aliphatic carbocycles. The van der Waals surface area contributed by atoms with Gasteiger partial charge in [0.2, 0.25) is 0 Å². The van der Waals surface area contributed by atoms with Crippen molar-refractivity contribution in [2.24, 2.45) is 0 Å². The van der Waals surface area contributed by atoms with Crippen LogP contribution < -0.4 is 4.74 Å². The van der Waals surface area contributed by atoms with Gasteiger partial charge in [-0.05, 0) is 35.9 Å². The van der Waals surface area contributed by atoms with Crippen LogP contribution in [0.2, 0.25) is 0 Å². The second-order valence-corrected chi connectivity index (χ2v) is 4.13. The minimum Gasteiger partial charge on any atom is -0.493 e. The molecule has 0 bridgehead atoms. The minimum atomic E-state index is -1.47. The lowest BCUT2D eigenvalue weighted by Crippen LogP contribution is -2.08. The second kappa shape index (κ2) is 6.02. The molecule has 0 aliphatic rings. The summed E-state index contributed by atoms with van der Waals surface area (Å²) in [7, 11) is 0. The minimum absolute atomic E-state index is 0.492. The van der Waals surface area contributed by atoms with Crippen molar-refractivity contribution in [2.45, 2.75) is 6.92 Å². The Morgan fingerprint density at radius 3 is 2.65 bits per heavy atom. The van der Waals surface area contributed by atoms with Gasteiger partial charge in [0, 0.05) is 5.56 Å². The highest BCUT2D eigenvalue weighted by Crippen LogP contribution is 2.29. The van der Waals surface area contributed by atoms with Gasteiger partial charge in [-0.3, -0.25) is 4.79 Å². The van der Waals surface area contributed by atoms with E-state index in [2.05, 4.69) is 0 Å². The number of carbonyl (C=O) groups is 2. The van der Waals surface area contributed by atoms with Gasteiger partial charge < -0.3 is 9.84 Å². The molecule has 0 saturated heterocycles. The smallest absolute Gasteiger partial charge is 0.376 e. The van der Waals surface area contributed by atoms with E-state index in [9.17, 15) is 9.59 Å². The summed E-state index contributed by atoms with van der Waals surface area (Å²) >= 11 is 0. The third kappa shape index (κ3) is 2.85. The predicted molar refractivity (Wildman–Crippen MR) is 76.8 cm³/mol. The number of carboxylic acid groups (broad SMARTS) is 1. The summed E-state index contributed by atoms with van der Waals surface area (Å²) in [5, 5.41) is 10.5. The van der Waals surface area contributed by atoms with E-state index in [1.54, 1.807) is 0 Å². The molecule has 0 unspecified atom stereocenters. The first kappa shape index (κ1) is 13.8. The summed E-state index contributed by atoms with van der Waals surface area (Å²) in [5.74, 6) is -1.81. The van der Waals surface area contributed by atoms with E-state index in [0.29, 0.717) is 17.9 Å². The van der Waals surface area contributed by atoms with Gasteiger partial charge in [0.15, 0.2) is 0 Å². The largest absolute Gasteiger partial charge is 0.493 e. The van der Waals surface area contributed by atoms with Crippen molar-refractivity contribution in [3.63, 3.8) is 0 Å². The number of ketones is 1. The van der Waals surface area contributed by atoms with Crippen molar-refractivity contribution in [1.82, 2.24) is 0 Å². The molecule has 1 N–H and O–H groups in total. The monoisotopic (exact) mass is 270 g/mol. The van der Waals surface area contributed by atoms with Crippen molar-refractivity contribution in [2.75, 3.05) is 6.61 Å². The Bertz CT molecular complexity index is 686. The van der Waals surface area contributed by atoms with Gasteiger partial charge in [0.1, 0.15) is 5.75 Å². The molecule has 102 valence electrons. The van der Waals surface area contributed by atoms with Gasteiger partial charge in [-0.25, -0.2) is 4.79 Å². The molecule has 4 nitrogen and oxygen atoms in total. The lowest BCUT2D eigenvalue weighted by Gasteiger charge is -2.10. The number of benzene rings is 2. The predicted octanol–water partition coefficient (Wildman–Crippen LogP) is 2.91. The van der Waals surface area contributed by atoms with Gasteiger partial charge in [-0.1, -0.05) is 30.3 Å². The van der Waals surface area contributed by atoms with Crippen molar-refractivity contribution in [3.8, 4) is 5.75 Å². The average molecular weight is 270 g/mol. The van der Waals surface area contributed by atoms with Crippen molar-refractivity contribution in [3.05, 3.63) is 48.0 Å². The lowest BCUT2D eigenvalue weighted by molar-refractivity contribution is -0.146. The summed E-state index contributed by atoms with van der Waals surface area (Å²) in [6.07, 6.45) is 2.54. The molecular formula is C16H14O4. The Morgan fingerprint density at radius 2 is 1.95 bits per heavy atom. The zero-order valence-electron chi connectivity index (χ0n) is 11.0. The summed E-state index contributed by atoms with van der Waals surface area (Å²) in [6.45, 7) is 2.36. The van der Waals surface area contributed by atoms with Crippen molar-refractivity contribution < 1.29 is 19.4 Å². The fraction of sp³-hybridized carbons (Fsp3) is 0.125. The van der Waals surface area contributed by atoms with E-state index < -0.39 is 11.8 Å². The number of ether oxygens (including phenoxy) is 1. The average Bonchev–Trinajstić information content (AvgIpc) is 2.45. The summed E-state index contributed by atoms with van der Waals surface area (Å²) in [4.78, 5) is 21.8. The second-order valence-electron chi connectivity index (χ2n) is 4.13. The molecule has 2 aromatic carbocycles. The fourth-order valence-electron chi connectivity index (χ4n) is 1.96. The van der Waals surface area contributed by atoms with Gasteiger partial charge in [-0.2, -0.15) is 0 Å². The van der Waals surface area contributed by atoms with Crippen LogP contribution in [0.15, 0.2) is 42.5 Å². The van der Waals surface area contributed by atoms with Crippen LogP contribution in [0.5, 0.6) is 5.75 Å². The maximum absolute atomic E-state index is 11.2. The molecule has 4 heteroatoms. The van der Waals surface area contributed by atoms with Crippen molar-refractivity contribution >= 4 is 28.6 Å². The van der Waals surface area contributed by atoms with E-state index >= 15 is 0 Å². The number of hydrogen-bond acceptors (Lipinski definition) is 3. The molecule has 0 fully saturated rings. The molecule has 0 radical (unpaired) electrons. The van der Waals surface area contributed by atoms with Crippen LogP contribution in [-0.4, -0.2) is 23.5 Å². The number of carbonyl (C=O) groups excluding carboxylic acids is 1. The first-order valence-electron chi connectivity index (χ1n) is 6.23. The van der Waals surface area contributed by atoms with Gasteiger partial charge >= 0.3 is 5.97 Å². The van der Waals surface area contributed by atoms with Crippen LogP contribution in [-0.2, 0) is 9.59 Å². The maximum atomic E-state index is 11.2. The van der Waals surface area contributed by atoms with Crippen LogP contribution in [0, 0.1) is 0 Å². The zero-order valence-corrected chi connectivity index (χ0v) is 11.0. The first-order valence-corrected chi connectivity index (χ1v) is 6.23. The fourth-order valence-corrected chi connectivity index (χ4v) is 1.96. The summed E-state index contributed by atoms with van der Waals surface area (Å²) in [6, 6.07) is 11.4. The molecule has 0 amide bonds. The number of carboxylic acids is 1. The van der Waals surface area contributed by atoms with Crippen molar-refractivity contribution in [1.29, 1.82) is 0 Å². The Balaban J connectivity index is 2.55. The SMILES string of the molecule is CCOc1ccc2ccccc2c1/C=C/C(=O)C(=O)O. The molecule has 0 spiro atoms. The Hall–Kier alpha value is -2.62. The highest BCUT2D eigenvalue weighted by Gasteiger charge is 2.09. The van der Waals surface area contributed by atoms with E-state index in [-0.39, 0.29) is 0 Å². The summed E-state index contributed by atoms with van der Waals surface area (Å²) in [5.41, 5.74) is 0.708. The molecular weight excluding hydrogens is 256 g/mol. The third-order valence-electron chi connectivity index (χ3n) is 2.84. The Kier molecular flexibility index (Phi) is 4.15. The highest BCUT2D eigenvalue weighted by molar-refractivity contribution is 6.38. The molecule has 0 aliphatic heterocycles. The van der Waals surface area contributed by atoms with E-state index in [0.717, 1.165) is 16.8 Å². The van der Waals surface area contributed by atoms with Crippen LogP contribution in [0.25, 0.3) is 16.8 Å². The van der Waals surface area contributed by atoms with E-state index in [1.807, 2.05) is 43.3 Å². The standard InChI is InChI=1S/C16H14O4/c1-2-20-15-10-7-11-5-3-4-6-12(11)13(15)8-9-14(17)16(18)19/h3-10H,2H2,1H3,(H,18,19)/b9-8+. The molecule has 2 aromatic rings. The van der Waals surface area contributed by atoms with Crippen LogP contribution in [0.4, 0.5) is 0 Å². The van der Waals surface area contributed by atoms with Gasteiger partial charge in [0.25, 0.3) is 5.78 Å². The Labute approximate surface area is 116 Å². The van der Waals surface area contributed by atoms with Gasteiger partial charge in [-0.15, -0.1) is 0 Å². The third-order valence-corrected chi connectivity index (χ3v) is 2.84. The number of fused-ring (bicyclic) bond motifs is 1. The maximum Gasteiger partial charge on any atom is 0.376 e. The quantitative estimate of drug-likeness (QED) is 0.670. The number of aliphatic carboxylic acids is 1. The number of hydrogen-bond donors (Lipinski definition) is 1. The van der Waals surface area contributed by atoms with Gasteiger partial charge in [0.05, 0.1) is 6.61 Å². The normalized spacial score (nSPS) is 10.8. The van der Waals surface area contributed by atoms with Crippen LogP contribution in [0.3, 0.4) is 0 Å². The summed E-state index contributed by atoms with van der Waals surface area (Å²) < 4.78 is 5.53. The number of rotatable bonds is 5. The van der Waals surface area contributed by atoms with E-state index in [4.69, 9.17) is 9.84 Å². The first-order chi connectivity index (χ1) is 9.63. The molecule has 0 saturated carbocycles. The molecule has 20 heavy (non-hydrogen) atoms. The zero-order chi connectivity index (χ0) is 14.5. The molecule has 0 heterocycles. The molecule has 0 atom stereocenters. The molecule has 0 aromatic heterocycles. The van der Waals surface area contributed by atoms with Crippen LogP contribution >= 0.6 is 0 Å². The molecule has 2 rings (SSSR count).